The molecule has 0 spiro atoms. The zero-order chi connectivity index (χ0) is 18.7. The number of hydrogen-bond donors (Lipinski definition) is 0. The summed E-state index contributed by atoms with van der Waals surface area (Å²) in [7, 11) is 1.84. The van der Waals surface area contributed by atoms with Crippen molar-refractivity contribution >= 4 is 11.8 Å². The molecule has 3 rings (SSSR count). The summed E-state index contributed by atoms with van der Waals surface area (Å²) in [5.74, 6) is -0.342. The second kappa shape index (κ2) is 7.46. The third kappa shape index (κ3) is 3.48. The number of likely N-dealkylation sites (N-methyl/N-ethyl adjacent to an activating group) is 1. The van der Waals surface area contributed by atoms with Crippen LogP contribution in [0.4, 0.5) is 0 Å². The van der Waals surface area contributed by atoms with E-state index >= 15 is 0 Å². The SMILES string of the molecule is C[C@@H](c1cccnc1)N1C(=O)C[C@@H](N(C)Cc2ccc(C#N)cc2)C1=O. The van der Waals surface area contributed by atoms with Crippen LogP contribution < -0.4 is 0 Å². The zero-order valence-corrected chi connectivity index (χ0v) is 14.8. The van der Waals surface area contributed by atoms with Crippen molar-refractivity contribution in [1.82, 2.24) is 14.8 Å². The van der Waals surface area contributed by atoms with Gasteiger partial charge in [-0.05, 0) is 43.3 Å². The quantitative estimate of drug-likeness (QED) is 0.775. The summed E-state index contributed by atoms with van der Waals surface area (Å²) in [6.45, 7) is 2.38. The van der Waals surface area contributed by atoms with Gasteiger partial charge in [0.2, 0.25) is 11.8 Å². The van der Waals surface area contributed by atoms with Crippen LogP contribution in [0.5, 0.6) is 0 Å². The fourth-order valence-electron chi connectivity index (χ4n) is 3.24. The van der Waals surface area contributed by atoms with Gasteiger partial charge >= 0.3 is 0 Å². The molecule has 6 nitrogen and oxygen atoms in total. The van der Waals surface area contributed by atoms with Gasteiger partial charge in [0.15, 0.2) is 0 Å². The molecular formula is C20H20N4O2. The van der Waals surface area contributed by atoms with Crippen LogP contribution in [-0.2, 0) is 16.1 Å². The van der Waals surface area contributed by atoms with Gasteiger partial charge in [0.1, 0.15) is 0 Å². The molecule has 0 bridgehead atoms. The molecule has 2 heterocycles. The van der Waals surface area contributed by atoms with Crippen LogP contribution in [-0.4, -0.2) is 39.7 Å². The van der Waals surface area contributed by atoms with Gasteiger partial charge < -0.3 is 0 Å². The lowest BCUT2D eigenvalue weighted by Crippen LogP contribution is -2.40. The van der Waals surface area contributed by atoms with Gasteiger partial charge in [-0.1, -0.05) is 18.2 Å². The number of likely N-dealkylation sites (tertiary alicyclic amines) is 1. The summed E-state index contributed by atoms with van der Waals surface area (Å²) in [5.41, 5.74) is 2.43. The molecule has 1 aromatic carbocycles. The van der Waals surface area contributed by atoms with Gasteiger partial charge in [0.25, 0.3) is 0 Å². The molecule has 0 unspecified atom stereocenters. The first-order chi connectivity index (χ1) is 12.5. The van der Waals surface area contributed by atoms with Crippen LogP contribution in [0.25, 0.3) is 0 Å². The fraction of sp³-hybridized carbons (Fsp3) is 0.300. The summed E-state index contributed by atoms with van der Waals surface area (Å²) < 4.78 is 0. The van der Waals surface area contributed by atoms with E-state index in [9.17, 15) is 9.59 Å². The molecule has 1 saturated heterocycles. The third-order valence-electron chi connectivity index (χ3n) is 4.76. The van der Waals surface area contributed by atoms with Gasteiger partial charge in [0, 0.05) is 18.9 Å². The van der Waals surface area contributed by atoms with Crippen LogP contribution >= 0.6 is 0 Å². The number of rotatable bonds is 5. The highest BCUT2D eigenvalue weighted by Gasteiger charge is 2.43. The second-order valence-corrected chi connectivity index (χ2v) is 6.51. The molecule has 2 atom stereocenters. The summed E-state index contributed by atoms with van der Waals surface area (Å²) in [5, 5.41) is 8.87. The monoisotopic (exact) mass is 348 g/mol. The lowest BCUT2D eigenvalue weighted by atomic mass is 10.1. The molecule has 26 heavy (non-hydrogen) atoms. The number of carbonyl (C=O) groups is 2. The van der Waals surface area contributed by atoms with Crippen molar-refractivity contribution in [2.75, 3.05) is 7.05 Å². The Morgan fingerprint density at radius 2 is 2.04 bits per heavy atom. The summed E-state index contributed by atoms with van der Waals surface area (Å²) >= 11 is 0. The van der Waals surface area contributed by atoms with Crippen molar-refractivity contribution in [3.8, 4) is 6.07 Å². The first-order valence-electron chi connectivity index (χ1n) is 8.46. The molecular weight excluding hydrogens is 328 g/mol. The smallest absolute Gasteiger partial charge is 0.247 e. The predicted octanol–water partition coefficient (Wildman–Crippen LogP) is 2.27. The Labute approximate surface area is 152 Å². The number of benzene rings is 1. The second-order valence-electron chi connectivity index (χ2n) is 6.51. The minimum Gasteiger partial charge on any atom is -0.290 e. The minimum absolute atomic E-state index is 0.164. The molecule has 132 valence electrons. The van der Waals surface area contributed by atoms with Gasteiger partial charge in [-0.25, -0.2) is 0 Å². The van der Waals surface area contributed by atoms with Crippen molar-refractivity contribution < 1.29 is 9.59 Å². The Bertz CT molecular complexity index is 842. The van der Waals surface area contributed by atoms with E-state index in [1.54, 1.807) is 30.6 Å². The third-order valence-corrected chi connectivity index (χ3v) is 4.76. The Balaban J connectivity index is 1.72. The normalized spacial score (nSPS) is 18.2. The van der Waals surface area contributed by atoms with Gasteiger partial charge in [0.05, 0.1) is 30.1 Å². The van der Waals surface area contributed by atoms with Crippen molar-refractivity contribution in [1.29, 1.82) is 5.26 Å². The maximum Gasteiger partial charge on any atom is 0.247 e. The minimum atomic E-state index is -0.475. The zero-order valence-electron chi connectivity index (χ0n) is 14.8. The number of hydrogen-bond acceptors (Lipinski definition) is 5. The number of nitrogens with zero attached hydrogens (tertiary/aromatic N) is 4. The first-order valence-corrected chi connectivity index (χ1v) is 8.46. The summed E-state index contributed by atoms with van der Waals surface area (Å²) in [6, 6.07) is 12.2. The molecule has 0 N–H and O–H groups in total. The maximum absolute atomic E-state index is 12.9. The Morgan fingerprint density at radius 1 is 1.31 bits per heavy atom. The molecule has 1 aliphatic rings. The van der Waals surface area contributed by atoms with Crippen molar-refractivity contribution in [3.63, 3.8) is 0 Å². The number of carbonyl (C=O) groups excluding carboxylic acids is 2. The molecule has 1 aromatic heterocycles. The van der Waals surface area contributed by atoms with E-state index in [0.717, 1.165) is 11.1 Å². The summed E-state index contributed by atoms with van der Waals surface area (Å²) in [6.07, 6.45) is 3.52. The Morgan fingerprint density at radius 3 is 2.65 bits per heavy atom. The molecule has 0 saturated carbocycles. The Hall–Kier alpha value is -3.04. The number of amides is 2. The molecule has 1 aliphatic heterocycles. The highest BCUT2D eigenvalue weighted by molar-refractivity contribution is 6.05. The van der Waals surface area contributed by atoms with Crippen molar-refractivity contribution in [2.45, 2.75) is 32.0 Å². The van der Waals surface area contributed by atoms with Gasteiger partial charge in [-0.2, -0.15) is 5.26 Å². The lowest BCUT2D eigenvalue weighted by Gasteiger charge is -2.26. The van der Waals surface area contributed by atoms with E-state index in [-0.39, 0.29) is 24.3 Å². The van der Waals surface area contributed by atoms with Crippen LogP contribution in [0.1, 0.15) is 36.1 Å². The number of nitriles is 1. The van der Waals surface area contributed by atoms with Crippen LogP contribution in [0.3, 0.4) is 0 Å². The highest BCUT2D eigenvalue weighted by atomic mass is 16.2. The number of pyridine rings is 1. The van der Waals surface area contributed by atoms with Crippen molar-refractivity contribution in [3.05, 3.63) is 65.5 Å². The topological polar surface area (TPSA) is 77.3 Å². The molecule has 0 aliphatic carbocycles. The van der Waals surface area contributed by atoms with Gasteiger partial charge in [-0.3, -0.25) is 24.4 Å². The average Bonchev–Trinajstić information content (AvgIpc) is 2.97. The van der Waals surface area contributed by atoms with E-state index in [1.807, 2.05) is 37.1 Å². The average molecular weight is 348 g/mol. The molecule has 6 heteroatoms. The number of imide groups is 1. The van der Waals surface area contributed by atoms with Gasteiger partial charge in [-0.15, -0.1) is 0 Å². The van der Waals surface area contributed by atoms with E-state index in [2.05, 4.69) is 11.1 Å². The lowest BCUT2D eigenvalue weighted by molar-refractivity contribution is -0.142. The Kier molecular flexibility index (Phi) is 5.10. The summed E-state index contributed by atoms with van der Waals surface area (Å²) in [4.78, 5) is 32.6. The molecule has 2 aromatic rings. The van der Waals surface area contributed by atoms with E-state index < -0.39 is 6.04 Å². The largest absolute Gasteiger partial charge is 0.290 e. The fourth-order valence-corrected chi connectivity index (χ4v) is 3.24. The molecule has 2 amide bonds. The highest BCUT2D eigenvalue weighted by Crippen LogP contribution is 2.28. The van der Waals surface area contributed by atoms with Crippen LogP contribution in [0, 0.1) is 11.3 Å². The standard InChI is InChI=1S/C20H20N4O2/c1-14(17-4-3-9-22-12-17)24-19(25)10-18(20(24)26)23(2)13-16-7-5-15(11-21)6-8-16/h3-9,12,14,18H,10,13H2,1-2H3/t14-,18+/m0/s1. The van der Waals surface area contributed by atoms with E-state index in [0.29, 0.717) is 12.1 Å². The van der Waals surface area contributed by atoms with Crippen LogP contribution in [0.15, 0.2) is 48.8 Å². The molecule has 1 fully saturated rings. The first kappa shape index (κ1) is 17.8. The van der Waals surface area contributed by atoms with Crippen molar-refractivity contribution in [2.24, 2.45) is 0 Å². The van der Waals surface area contributed by atoms with E-state index in [4.69, 9.17) is 5.26 Å². The van der Waals surface area contributed by atoms with E-state index in [1.165, 1.54) is 4.90 Å². The number of aromatic nitrogens is 1. The molecule has 0 radical (unpaired) electrons. The maximum atomic E-state index is 12.9. The predicted molar refractivity (Wildman–Crippen MR) is 95.5 cm³/mol. The van der Waals surface area contributed by atoms with Crippen LogP contribution in [0.2, 0.25) is 0 Å².